The summed E-state index contributed by atoms with van der Waals surface area (Å²) >= 11 is 5.51. The number of aliphatic hydroxyl groups is 1. The number of methoxy groups -OCH3 is 1. The van der Waals surface area contributed by atoms with Gasteiger partial charge in [-0.05, 0) is 42.5 Å². The van der Waals surface area contributed by atoms with Crippen molar-refractivity contribution in [1.82, 2.24) is 0 Å². The molecule has 2 aromatic carbocycles. The van der Waals surface area contributed by atoms with E-state index < -0.39 is 26.3 Å². The number of benzene rings is 2. The van der Waals surface area contributed by atoms with Crippen LogP contribution in [-0.2, 0) is 19.7 Å². The lowest BCUT2D eigenvalue weighted by Crippen LogP contribution is -2.13. The van der Waals surface area contributed by atoms with Crippen LogP contribution in [0.5, 0.6) is 5.75 Å². The zero-order valence-electron chi connectivity index (χ0n) is 15.1. The molecule has 0 saturated carbocycles. The molecule has 0 fully saturated rings. The Hall–Kier alpha value is -2.01. The summed E-state index contributed by atoms with van der Waals surface area (Å²) in [6.45, 7) is -0.478. The number of halogens is 1. The fourth-order valence-corrected chi connectivity index (χ4v) is 4.97. The monoisotopic (exact) mass is 448 g/mol. The second-order valence-electron chi connectivity index (χ2n) is 5.69. The summed E-state index contributed by atoms with van der Waals surface area (Å²) in [4.78, 5) is 0.197. The number of ether oxygens (including phenoxy) is 1. The van der Waals surface area contributed by atoms with Crippen LogP contribution in [0.15, 0.2) is 52.3 Å². The van der Waals surface area contributed by atoms with E-state index in [0.717, 1.165) is 0 Å². The third-order valence-electron chi connectivity index (χ3n) is 3.79. The van der Waals surface area contributed by atoms with E-state index in [2.05, 4.69) is 10.9 Å². The van der Waals surface area contributed by atoms with Crippen molar-refractivity contribution in [2.24, 2.45) is 0 Å². The van der Waals surface area contributed by atoms with Crippen LogP contribution in [0.2, 0.25) is 0 Å². The molecule has 2 rings (SSSR count). The highest BCUT2D eigenvalue weighted by Gasteiger charge is 2.16. The first kappa shape index (κ1) is 22.3. The van der Waals surface area contributed by atoms with Crippen molar-refractivity contribution < 1.29 is 26.7 Å². The topological polar surface area (TPSA) is 122 Å². The molecule has 0 aromatic heterocycles. The minimum absolute atomic E-state index is 0.0131. The average Bonchev–Trinajstić information content (AvgIpc) is 2.66. The number of hydrogen-bond acceptors (Lipinski definition) is 8. The maximum absolute atomic E-state index is 12.1. The number of hydrogen-bond donors (Lipinski definition) is 3. The second kappa shape index (κ2) is 9.46. The molecular weight excluding hydrogens is 428 g/mol. The summed E-state index contributed by atoms with van der Waals surface area (Å²) in [7, 11) is -5.60. The molecule has 154 valence electrons. The molecule has 0 atom stereocenters. The van der Waals surface area contributed by atoms with Crippen LogP contribution in [0.3, 0.4) is 0 Å². The molecule has 0 bridgehead atoms. The van der Waals surface area contributed by atoms with Gasteiger partial charge in [-0.1, -0.05) is 0 Å². The van der Waals surface area contributed by atoms with Crippen LogP contribution in [0, 0.1) is 0 Å². The van der Waals surface area contributed by atoms with Gasteiger partial charge in [0.15, 0.2) is 19.7 Å². The minimum Gasteiger partial charge on any atom is -0.495 e. The van der Waals surface area contributed by atoms with Crippen LogP contribution in [0.25, 0.3) is 0 Å². The fraction of sp³-hybridized carbons (Fsp3) is 0.294. The van der Waals surface area contributed by atoms with Gasteiger partial charge in [-0.15, -0.1) is 11.6 Å². The minimum atomic E-state index is -3.62. The number of alkyl halides is 1. The van der Waals surface area contributed by atoms with Crippen LogP contribution in [0.1, 0.15) is 0 Å². The van der Waals surface area contributed by atoms with E-state index in [1.807, 2.05) is 0 Å². The summed E-state index contributed by atoms with van der Waals surface area (Å²) < 4.78 is 53.4. The van der Waals surface area contributed by atoms with E-state index >= 15 is 0 Å². The summed E-state index contributed by atoms with van der Waals surface area (Å²) in [5.74, 6) is -0.119. The zero-order valence-corrected chi connectivity index (χ0v) is 17.4. The molecule has 11 heteroatoms. The molecule has 2 aromatic rings. The van der Waals surface area contributed by atoms with Gasteiger partial charge in [-0.3, -0.25) is 5.43 Å². The Morgan fingerprint density at radius 1 is 0.929 bits per heavy atom. The van der Waals surface area contributed by atoms with Crippen LogP contribution in [-0.4, -0.2) is 53.0 Å². The number of sulfone groups is 2. The smallest absolute Gasteiger partial charge is 0.180 e. The van der Waals surface area contributed by atoms with Gasteiger partial charge in [0.25, 0.3) is 0 Å². The maximum Gasteiger partial charge on any atom is 0.180 e. The van der Waals surface area contributed by atoms with E-state index in [0.29, 0.717) is 17.1 Å². The van der Waals surface area contributed by atoms with E-state index in [4.69, 9.17) is 21.4 Å². The highest BCUT2D eigenvalue weighted by molar-refractivity contribution is 7.91. The Labute approximate surface area is 169 Å². The molecule has 3 N–H and O–H groups in total. The third-order valence-corrected chi connectivity index (χ3v) is 7.63. The molecule has 8 nitrogen and oxygen atoms in total. The van der Waals surface area contributed by atoms with Crippen molar-refractivity contribution in [3.05, 3.63) is 42.5 Å². The SMILES string of the molecule is COc1ccc(S(=O)(=O)CCO)cc1NNc1ccc(S(=O)(=O)CCCl)cc1. The van der Waals surface area contributed by atoms with E-state index in [-0.39, 0.29) is 27.2 Å². The molecule has 0 aliphatic rings. The van der Waals surface area contributed by atoms with Gasteiger partial charge in [-0.25, -0.2) is 16.8 Å². The highest BCUT2D eigenvalue weighted by atomic mass is 35.5. The molecular formula is C17H21ClN2O6S2. The maximum atomic E-state index is 12.1. The summed E-state index contributed by atoms with van der Waals surface area (Å²) in [5, 5.41) is 8.92. The van der Waals surface area contributed by atoms with Crippen molar-refractivity contribution in [2.45, 2.75) is 9.79 Å². The van der Waals surface area contributed by atoms with E-state index in [1.54, 1.807) is 12.1 Å². The Morgan fingerprint density at radius 2 is 1.54 bits per heavy atom. The Balaban J connectivity index is 2.19. The lowest BCUT2D eigenvalue weighted by molar-refractivity contribution is 0.319. The Morgan fingerprint density at radius 3 is 2.11 bits per heavy atom. The van der Waals surface area contributed by atoms with Gasteiger partial charge in [0.2, 0.25) is 0 Å². The fourth-order valence-electron chi connectivity index (χ4n) is 2.32. The van der Waals surface area contributed by atoms with Gasteiger partial charge < -0.3 is 15.3 Å². The van der Waals surface area contributed by atoms with Crippen molar-refractivity contribution in [3.8, 4) is 5.75 Å². The molecule has 0 unspecified atom stereocenters. The summed E-state index contributed by atoms with van der Waals surface area (Å²) in [5.41, 5.74) is 6.62. The molecule has 0 aliphatic heterocycles. The number of hydrazine groups is 1. The standard InChI is InChI=1S/C17H21ClN2O6S2/c1-26-17-7-6-15(28(24,25)11-9-21)12-16(17)20-19-13-2-4-14(5-3-13)27(22,23)10-8-18/h2-7,12,19-21H,8-11H2,1H3. The molecule has 0 amide bonds. The number of nitrogens with one attached hydrogen (secondary N) is 2. The molecule has 0 spiro atoms. The molecule has 28 heavy (non-hydrogen) atoms. The zero-order chi connectivity index (χ0) is 20.8. The van der Waals surface area contributed by atoms with Gasteiger partial charge in [0.05, 0.1) is 46.4 Å². The second-order valence-corrected chi connectivity index (χ2v) is 10.3. The van der Waals surface area contributed by atoms with Gasteiger partial charge >= 0.3 is 0 Å². The molecule has 0 saturated heterocycles. The Kier molecular flexibility index (Phi) is 7.53. The van der Waals surface area contributed by atoms with E-state index in [1.165, 1.54) is 37.4 Å². The lowest BCUT2D eigenvalue weighted by atomic mass is 10.3. The van der Waals surface area contributed by atoms with Crippen LogP contribution >= 0.6 is 11.6 Å². The Bertz CT molecular complexity index is 1010. The van der Waals surface area contributed by atoms with Crippen molar-refractivity contribution in [2.75, 3.05) is 42.0 Å². The van der Waals surface area contributed by atoms with Gasteiger partial charge in [-0.2, -0.15) is 0 Å². The van der Waals surface area contributed by atoms with Crippen molar-refractivity contribution >= 4 is 42.7 Å². The van der Waals surface area contributed by atoms with Gasteiger partial charge in [0.1, 0.15) is 5.75 Å². The number of rotatable bonds is 10. The first-order valence-electron chi connectivity index (χ1n) is 8.16. The average molecular weight is 449 g/mol. The predicted octanol–water partition coefficient (Wildman–Crippen LogP) is 1.91. The first-order chi connectivity index (χ1) is 13.2. The lowest BCUT2D eigenvalue weighted by Gasteiger charge is -2.15. The van der Waals surface area contributed by atoms with Crippen LogP contribution < -0.4 is 15.6 Å². The predicted molar refractivity (Wildman–Crippen MR) is 109 cm³/mol. The molecule has 0 aliphatic carbocycles. The summed E-state index contributed by atoms with van der Waals surface area (Å²) in [6.07, 6.45) is 0. The quantitative estimate of drug-likeness (QED) is 0.372. The number of aliphatic hydroxyl groups excluding tert-OH is 1. The van der Waals surface area contributed by atoms with Crippen molar-refractivity contribution in [1.29, 1.82) is 0 Å². The van der Waals surface area contributed by atoms with E-state index in [9.17, 15) is 16.8 Å². The largest absolute Gasteiger partial charge is 0.495 e. The molecule has 0 radical (unpaired) electrons. The first-order valence-corrected chi connectivity index (χ1v) is 12.0. The van der Waals surface area contributed by atoms with Crippen LogP contribution in [0.4, 0.5) is 11.4 Å². The van der Waals surface area contributed by atoms with Gasteiger partial charge in [0, 0.05) is 5.88 Å². The third kappa shape index (κ3) is 5.51. The van der Waals surface area contributed by atoms with Crippen molar-refractivity contribution in [3.63, 3.8) is 0 Å². The summed E-state index contributed by atoms with van der Waals surface area (Å²) in [6, 6.07) is 10.3. The normalized spacial score (nSPS) is 11.8. The highest BCUT2D eigenvalue weighted by Crippen LogP contribution is 2.28. The molecule has 0 heterocycles. The number of anilines is 2.